The Morgan fingerprint density at radius 3 is 2.48 bits per heavy atom. The molecule has 1 spiro atoms. The maximum absolute atomic E-state index is 12.2. The zero-order valence-electron chi connectivity index (χ0n) is 15.2. The fraction of sp³-hybridized carbons (Fsp3) is 0.421. The summed E-state index contributed by atoms with van der Waals surface area (Å²) >= 11 is 0. The number of aromatic nitrogens is 2. The summed E-state index contributed by atoms with van der Waals surface area (Å²) in [5.41, 5.74) is -0.667. The lowest BCUT2D eigenvalue weighted by molar-refractivity contribution is -0.105. The van der Waals surface area contributed by atoms with E-state index in [4.69, 9.17) is 9.47 Å². The minimum absolute atomic E-state index is 0.124. The topological polar surface area (TPSA) is 98.3 Å². The summed E-state index contributed by atoms with van der Waals surface area (Å²) in [4.78, 5) is 24.4. The molecule has 2 heterocycles. The number of hydrogen-bond donors (Lipinski definition) is 1. The van der Waals surface area contributed by atoms with Crippen LogP contribution in [-0.2, 0) is 14.1 Å². The molecular weight excluding hydrogens is 348 g/mol. The molecule has 1 aliphatic heterocycles. The van der Waals surface area contributed by atoms with Gasteiger partial charge in [-0.1, -0.05) is 6.42 Å². The monoisotopic (exact) mass is 368 g/mol. The zero-order chi connectivity index (χ0) is 19.2. The number of benzene rings is 1. The molecule has 1 aliphatic carbocycles. The van der Waals surface area contributed by atoms with Crippen LogP contribution in [0.3, 0.4) is 0 Å². The third kappa shape index (κ3) is 2.76. The molecule has 0 radical (unpaired) electrons. The van der Waals surface area contributed by atoms with Gasteiger partial charge in [-0.2, -0.15) is 5.26 Å². The van der Waals surface area contributed by atoms with Crippen LogP contribution in [0.5, 0.6) is 11.5 Å². The number of nitrogens with zero attached hydrogens (tertiary/aromatic N) is 3. The second kappa shape index (κ2) is 6.20. The average molecular weight is 368 g/mol. The Balaban J connectivity index is 1.69. The van der Waals surface area contributed by atoms with Crippen LogP contribution in [0, 0.1) is 11.3 Å². The molecule has 0 unspecified atom stereocenters. The molecule has 8 heteroatoms. The lowest BCUT2D eigenvalue weighted by Gasteiger charge is -2.31. The molecule has 8 nitrogen and oxygen atoms in total. The largest absolute Gasteiger partial charge is 0.448 e. The van der Waals surface area contributed by atoms with Crippen LogP contribution in [0.4, 0.5) is 11.5 Å². The molecule has 4 rings (SSSR count). The highest BCUT2D eigenvalue weighted by Crippen LogP contribution is 2.46. The highest BCUT2D eigenvalue weighted by Gasteiger charge is 2.42. The van der Waals surface area contributed by atoms with Crippen LogP contribution in [0.1, 0.15) is 37.7 Å². The standard InChI is InChI=1S/C19H20N4O4/c1-22-16(13(11-20)17(24)23(2)18(22)25)21-12-6-7-14-15(10-12)27-19(26-14)8-4-3-5-9-19/h6-7,10,21H,3-5,8-9H2,1-2H3. The van der Waals surface area contributed by atoms with Gasteiger partial charge in [0, 0.05) is 38.7 Å². The summed E-state index contributed by atoms with van der Waals surface area (Å²) in [6.45, 7) is 0. The summed E-state index contributed by atoms with van der Waals surface area (Å²) in [7, 11) is 2.86. The smallest absolute Gasteiger partial charge is 0.332 e. The summed E-state index contributed by atoms with van der Waals surface area (Å²) < 4.78 is 14.3. The van der Waals surface area contributed by atoms with Crippen molar-refractivity contribution in [1.82, 2.24) is 9.13 Å². The average Bonchev–Trinajstić information content (AvgIpc) is 3.01. The van der Waals surface area contributed by atoms with Crippen molar-refractivity contribution in [3.8, 4) is 17.6 Å². The first-order valence-electron chi connectivity index (χ1n) is 8.93. The molecule has 0 saturated heterocycles. The summed E-state index contributed by atoms with van der Waals surface area (Å²) in [6.07, 6.45) is 5.03. The Kier molecular flexibility index (Phi) is 3.95. The molecule has 1 N–H and O–H groups in total. The number of nitriles is 1. The molecule has 1 fully saturated rings. The van der Waals surface area contributed by atoms with E-state index < -0.39 is 17.0 Å². The number of anilines is 2. The van der Waals surface area contributed by atoms with Crippen LogP contribution in [-0.4, -0.2) is 14.9 Å². The first kappa shape index (κ1) is 17.2. The van der Waals surface area contributed by atoms with Crippen LogP contribution < -0.4 is 26.0 Å². The predicted molar refractivity (Wildman–Crippen MR) is 98.4 cm³/mol. The van der Waals surface area contributed by atoms with Crippen molar-refractivity contribution in [2.24, 2.45) is 14.1 Å². The van der Waals surface area contributed by atoms with Gasteiger partial charge in [0.25, 0.3) is 11.3 Å². The van der Waals surface area contributed by atoms with E-state index in [1.54, 1.807) is 18.2 Å². The van der Waals surface area contributed by atoms with E-state index in [1.807, 2.05) is 6.07 Å². The van der Waals surface area contributed by atoms with Crippen molar-refractivity contribution in [3.05, 3.63) is 44.6 Å². The first-order chi connectivity index (χ1) is 12.9. The van der Waals surface area contributed by atoms with Gasteiger partial charge < -0.3 is 14.8 Å². The number of hydrogen-bond acceptors (Lipinski definition) is 6. The Bertz CT molecular complexity index is 1070. The van der Waals surface area contributed by atoms with Crippen molar-refractivity contribution >= 4 is 11.5 Å². The van der Waals surface area contributed by atoms with Gasteiger partial charge in [0.05, 0.1) is 0 Å². The third-order valence-electron chi connectivity index (χ3n) is 5.19. The van der Waals surface area contributed by atoms with E-state index >= 15 is 0 Å². The van der Waals surface area contributed by atoms with Gasteiger partial charge in [-0.3, -0.25) is 13.9 Å². The Morgan fingerprint density at radius 2 is 1.78 bits per heavy atom. The van der Waals surface area contributed by atoms with Gasteiger partial charge in [0.2, 0.25) is 0 Å². The Hall–Kier alpha value is -3.21. The molecule has 1 aromatic heterocycles. The minimum Gasteiger partial charge on any atom is -0.448 e. The van der Waals surface area contributed by atoms with Crippen molar-refractivity contribution in [1.29, 1.82) is 5.26 Å². The summed E-state index contributed by atoms with van der Waals surface area (Å²) in [5, 5.41) is 12.4. The van der Waals surface area contributed by atoms with Crippen molar-refractivity contribution < 1.29 is 9.47 Å². The second-order valence-corrected chi connectivity index (χ2v) is 7.00. The molecule has 1 saturated carbocycles. The summed E-state index contributed by atoms with van der Waals surface area (Å²) in [5.74, 6) is 0.874. The van der Waals surface area contributed by atoms with Crippen LogP contribution >= 0.6 is 0 Å². The number of fused-ring (bicyclic) bond motifs is 1. The van der Waals surface area contributed by atoms with E-state index in [2.05, 4.69) is 5.32 Å². The molecule has 2 aliphatic rings. The molecular formula is C19H20N4O4. The fourth-order valence-corrected chi connectivity index (χ4v) is 3.69. The van der Waals surface area contributed by atoms with E-state index in [-0.39, 0.29) is 11.4 Å². The van der Waals surface area contributed by atoms with E-state index in [0.717, 1.165) is 30.3 Å². The minimum atomic E-state index is -0.634. The molecule has 27 heavy (non-hydrogen) atoms. The summed E-state index contributed by atoms with van der Waals surface area (Å²) in [6, 6.07) is 7.21. The van der Waals surface area contributed by atoms with Crippen molar-refractivity contribution in [3.63, 3.8) is 0 Å². The van der Waals surface area contributed by atoms with E-state index in [1.165, 1.54) is 25.1 Å². The van der Waals surface area contributed by atoms with Crippen LogP contribution in [0.2, 0.25) is 0 Å². The normalized spacial score (nSPS) is 16.9. The number of rotatable bonds is 2. The van der Waals surface area contributed by atoms with Crippen LogP contribution in [0.15, 0.2) is 27.8 Å². The van der Waals surface area contributed by atoms with Gasteiger partial charge in [-0.25, -0.2) is 4.79 Å². The quantitative estimate of drug-likeness (QED) is 0.872. The number of ether oxygens (including phenoxy) is 2. The zero-order valence-corrected chi connectivity index (χ0v) is 15.2. The molecule has 1 aromatic carbocycles. The number of nitrogens with one attached hydrogen (secondary N) is 1. The molecule has 140 valence electrons. The second-order valence-electron chi connectivity index (χ2n) is 7.00. The Labute approximate surface area is 155 Å². The lowest BCUT2D eigenvalue weighted by Crippen LogP contribution is -2.40. The van der Waals surface area contributed by atoms with Gasteiger partial charge in [0.1, 0.15) is 11.9 Å². The van der Waals surface area contributed by atoms with Gasteiger partial charge in [-0.05, 0) is 25.0 Å². The molecule has 2 aromatic rings. The molecule has 0 bridgehead atoms. The van der Waals surface area contributed by atoms with Gasteiger partial charge in [0.15, 0.2) is 17.1 Å². The van der Waals surface area contributed by atoms with E-state index in [0.29, 0.717) is 17.2 Å². The maximum Gasteiger partial charge on any atom is 0.332 e. The van der Waals surface area contributed by atoms with Crippen LogP contribution in [0.25, 0.3) is 0 Å². The highest BCUT2D eigenvalue weighted by molar-refractivity contribution is 5.66. The van der Waals surface area contributed by atoms with Gasteiger partial charge >= 0.3 is 5.69 Å². The van der Waals surface area contributed by atoms with Gasteiger partial charge in [-0.15, -0.1) is 0 Å². The first-order valence-corrected chi connectivity index (χ1v) is 8.93. The SMILES string of the molecule is Cn1c(Nc2ccc3c(c2)OC2(CCCCC2)O3)c(C#N)c(=O)n(C)c1=O. The molecule has 0 atom stereocenters. The van der Waals surface area contributed by atoms with E-state index in [9.17, 15) is 14.9 Å². The highest BCUT2D eigenvalue weighted by atomic mass is 16.7. The van der Waals surface area contributed by atoms with Crippen molar-refractivity contribution in [2.75, 3.05) is 5.32 Å². The third-order valence-corrected chi connectivity index (χ3v) is 5.19. The molecule has 0 amide bonds. The lowest BCUT2D eigenvalue weighted by atomic mass is 9.94. The Morgan fingerprint density at radius 1 is 1.07 bits per heavy atom. The van der Waals surface area contributed by atoms with Crippen molar-refractivity contribution in [2.45, 2.75) is 37.9 Å². The predicted octanol–water partition coefficient (Wildman–Crippen LogP) is 2.13. The fourth-order valence-electron chi connectivity index (χ4n) is 3.69. The maximum atomic E-state index is 12.2.